The number of benzene rings is 2. The maximum absolute atomic E-state index is 11.0. The van der Waals surface area contributed by atoms with Gasteiger partial charge in [-0.25, -0.2) is 0 Å². The molecule has 6 nitrogen and oxygen atoms in total. The summed E-state index contributed by atoms with van der Waals surface area (Å²) in [5.41, 5.74) is 4.62. The standard InChI is InChI=1S/C16H15N3O3/c1-22-14-3-5-16-12(7-14)9-18-10-17(16)8-11-6-13(19(20)21)2-4-15(11)18/h2-7H,8-10H2,1H3. The summed E-state index contributed by atoms with van der Waals surface area (Å²) in [7, 11) is 1.67. The molecule has 0 amide bonds. The summed E-state index contributed by atoms with van der Waals surface area (Å²) in [6.07, 6.45) is 0. The minimum absolute atomic E-state index is 0.149. The molecular weight excluding hydrogens is 282 g/mol. The molecule has 0 fully saturated rings. The van der Waals surface area contributed by atoms with E-state index >= 15 is 0 Å². The molecule has 6 heteroatoms. The van der Waals surface area contributed by atoms with Crippen LogP contribution in [0.5, 0.6) is 5.75 Å². The lowest BCUT2D eigenvalue weighted by Crippen LogP contribution is -2.46. The lowest BCUT2D eigenvalue weighted by molar-refractivity contribution is -0.384. The minimum atomic E-state index is -0.339. The highest BCUT2D eigenvalue weighted by molar-refractivity contribution is 5.69. The zero-order chi connectivity index (χ0) is 15.3. The van der Waals surface area contributed by atoms with Crippen molar-refractivity contribution in [3.8, 4) is 5.75 Å². The van der Waals surface area contributed by atoms with E-state index in [2.05, 4.69) is 21.9 Å². The average molecular weight is 297 g/mol. The number of nitrogens with zero attached hydrogens (tertiary/aromatic N) is 3. The molecule has 0 spiro atoms. The van der Waals surface area contributed by atoms with Crippen LogP contribution in [0.25, 0.3) is 0 Å². The molecule has 112 valence electrons. The maximum Gasteiger partial charge on any atom is 0.269 e. The molecule has 2 aromatic rings. The molecular formula is C16H15N3O3. The predicted octanol–water partition coefficient (Wildman–Crippen LogP) is 2.90. The highest BCUT2D eigenvalue weighted by Gasteiger charge is 2.30. The van der Waals surface area contributed by atoms with E-state index in [-0.39, 0.29) is 10.6 Å². The molecule has 0 N–H and O–H groups in total. The highest BCUT2D eigenvalue weighted by Crippen LogP contribution is 2.40. The molecule has 2 aliphatic heterocycles. The number of anilines is 2. The van der Waals surface area contributed by atoms with Crippen molar-refractivity contribution >= 4 is 17.1 Å². The second kappa shape index (κ2) is 4.62. The molecule has 2 heterocycles. The van der Waals surface area contributed by atoms with Crippen molar-refractivity contribution in [1.29, 1.82) is 0 Å². The third-order valence-electron chi connectivity index (χ3n) is 4.31. The van der Waals surface area contributed by atoms with Gasteiger partial charge in [0.25, 0.3) is 5.69 Å². The second-order valence-electron chi connectivity index (χ2n) is 5.60. The number of ether oxygens (including phenoxy) is 1. The van der Waals surface area contributed by atoms with Crippen molar-refractivity contribution in [1.82, 2.24) is 0 Å². The number of nitro benzene ring substituents is 1. The summed E-state index contributed by atoms with van der Waals surface area (Å²) in [6.45, 7) is 2.28. The Balaban J connectivity index is 1.76. The highest BCUT2D eigenvalue weighted by atomic mass is 16.6. The molecule has 0 saturated carbocycles. The van der Waals surface area contributed by atoms with Gasteiger partial charge in [-0.3, -0.25) is 10.1 Å². The Bertz CT molecular complexity index is 775. The van der Waals surface area contributed by atoms with Gasteiger partial charge in [-0.2, -0.15) is 0 Å². The third-order valence-corrected chi connectivity index (χ3v) is 4.31. The topological polar surface area (TPSA) is 58.8 Å². The van der Waals surface area contributed by atoms with E-state index in [1.54, 1.807) is 19.2 Å². The van der Waals surface area contributed by atoms with Crippen molar-refractivity contribution in [3.05, 3.63) is 57.6 Å². The van der Waals surface area contributed by atoms with Crippen LogP contribution in [0.1, 0.15) is 11.1 Å². The van der Waals surface area contributed by atoms with Crippen molar-refractivity contribution < 1.29 is 9.66 Å². The van der Waals surface area contributed by atoms with Gasteiger partial charge in [-0.15, -0.1) is 0 Å². The van der Waals surface area contributed by atoms with Crippen LogP contribution in [-0.2, 0) is 13.1 Å². The average Bonchev–Trinajstić information content (AvgIpc) is 2.53. The molecule has 0 aliphatic carbocycles. The van der Waals surface area contributed by atoms with Crippen molar-refractivity contribution in [2.75, 3.05) is 23.6 Å². The van der Waals surface area contributed by atoms with E-state index in [1.165, 1.54) is 11.3 Å². The first-order chi connectivity index (χ1) is 10.7. The molecule has 2 aliphatic rings. The first-order valence-electron chi connectivity index (χ1n) is 7.10. The molecule has 0 radical (unpaired) electrons. The Labute approximate surface area is 127 Å². The second-order valence-corrected chi connectivity index (χ2v) is 5.60. The van der Waals surface area contributed by atoms with E-state index in [1.807, 2.05) is 12.1 Å². The van der Waals surface area contributed by atoms with E-state index in [0.29, 0.717) is 6.54 Å². The van der Waals surface area contributed by atoms with Gasteiger partial charge in [0.05, 0.1) is 18.7 Å². The number of hydrogen-bond donors (Lipinski definition) is 0. The fourth-order valence-electron chi connectivity index (χ4n) is 3.28. The summed E-state index contributed by atoms with van der Waals surface area (Å²) in [4.78, 5) is 15.1. The first-order valence-corrected chi connectivity index (χ1v) is 7.10. The van der Waals surface area contributed by atoms with Crippen LogP contribution in [0, 0.1) is 10.1 Å². The van der Waals surface area contributed by atoms with Crippen LogP contribution < -0.4 is 14.5 Å². The minimum Gasteiger partial charge on any atom is -0.497 e. The Morgan fingerprint density at radius 3 is 2.32 bits per heavy atom. The monoisotopic (exact) mass is 297 g/mol. The van der Waals surface area contributed by atoms with Crippen LogP contribution >= 0.6 is 0 Å². The van der Waals surface area contributed by atoms with Gasteiger partial charge in [0.15, 0.2) is 0 Å². The third kappa shape index (κ3) is 1.88. The van der Waals surface area contributed by atoms with E-state index < -0.39 is 0 Å². The van der Waals surface area contributed by atoms with Crippen LogP contribution in [0.4, 0.5) is 17.1 Å². The Morgan fingerprint density at radius 2 is 1.68 bits per heavy atom. The normalized spacial score (nSPS) is 15.1. The lowest BCUT2D eigenvalue weighted by Gasteiger charge is -2.44. The summed E-state index contributed by atoms with van der Waals surface area (Å²) in [5.74, 6) is 0.852. The molecule has 2 bridgehead atoms. The van der Waals surface area contributed by atoms with E-state index in [9.17, 15) is 10.1 Å². The zero-order valence-electron chi connectivity index (χ0n) is 12.2. The number of fused-ring (bicyclic) bond motifs is 6. The summed E-state index contributed by atoms with van der Waals surface area (Å²) in [5, 5.41) is 11.0. The van der Waals surface area contributed by atoms with Crippen molar-refractivity contribution in [2.45, 2.75) is 13.1 Å². The Kier molecular flexibility index (Phi) is 2.72. The molecule has 2 aromatic carbocycles. The van der Waals surface area contributed by atoms with Crippen LogP contribution in [0.3, 0.4) is 0 Å². The van der Waals surface area contributed by atoms with Crippen molar-refractivity contribution in [2.24, 2.45) is 0 Å². The fraction of sp³-hybridized carbons (Fsp3) is 0.250. The molecule has 0 atom stereocenters. The number of hydrogen-bond acceptors (Lipinski definition) is 5. The Morgan fingerprint density at radius 1 is 1.05 bits per heavy atom. The van der Waals surface area contributed by atoms with Gasteiger partial charge in [-0.05, 0) is 29.8 Å². The van der Waals surface area contributed by atoms with Crippen LogP contribution in [0.2, 0.25) is 0 Å². The zero-order valence-corrected chi connectivity index (χ0v) is 12.2. The van der Waals surface area contributed by atoms with Gasteiger partial charge in [0, 0.05) is 42.2 Å². The van der Waals surface area contributed by atoms with Crippen LogP contribution in [-0.4, -0.2) is 18.7 Å². The number of rotatable bonds is 2. The number of nitro groups is 1. The lowest BCUT2D eigenvalue weighted by atomic mass is 10.0. The summed E-state index contributed by atoms with van der Waals surface area (Å²) in [6, 6.07) is 11.2. The fourth-order valence-corrected chi connectivity index (χ4v) is 3.28. The molecule has 4 rings (SSSR count). The predicted molar refractivity (Wildman–Crippen MR) is 83.3 cm³/mol. The van der Waals surface area contributed by atoms with Gasteiger partial charge in [0.1, 0.15) is 5.75 Å². The smallest absolute Gasteiger partial charge is 0.269 e. The molecule has 0 aromatic heterocycles. The summed E-state index contributed by atoms with van der Waals surface area (Å²) >= 11 is 0. The SMILES string of the molecule is COc1ccc2c(c1)CN1CN2Cc2cc([N+](=O)[O-])ccc21. The quantitative estimate of drug-likeness (QED) is 0.630. The van der Waals surface area contributed by atoms with E-state index in [0.717, 1.165) is 30.2 Å². The molecule has 0 unspecified atom stereocenters. The van der Waals surface area contributed by atoms with E-state index in [4.69, 9.17) is 4.74 Å². The summed E-state index contributed by atoms with van der Waals surface area (Å²) < 4.78 is 5.30. The van der Waals surface area contributed by atoms with Crippen molar-refractivity contribution in [3.63, 3.8) is 0 Å². The van der Waals surface area contributed by atoms with Crippen LogP contribution in [0.15, 0.2) is 36.4 Å². The van der Waals surface area contributed by atoms with Gasteiger partial charge in [0.2, 0.25) is 0 Å². The molecule has 22 heavy (non-hydrogen) atoms. The number of non-ortho nitro benzene ring substituents is 1. The number of methoxy groups -OCH3 is 1. The largest absolute Gasteiger partial charge is 0.497 e. The van der Waals surface area contributed by atoms with Gasteiger partial charge < -0.3 is 14.5 Å². The van der Waals surface area contributed by atoms with Gasteiger partial charge >= 0.3 is 0 Å². The van der Waals surface area contributed by atoms with Gasteiger partial charge in [-0.1, -0.05) is 0 Å². The Hall–Kier alpha value is -2.76. The first kappa shape index (κ1) is 12.9. The maximum atomic E-state index is 11.0. The molecule has 0 saturated heterocycles.